The molecule has 0 aliphatic carbocycles. The van der Waals surface area contributed by atoms with Gasteiger partial charge in [0.25, 0.3) is 0 Å². The number of nitrogens with zero attached hydrogens (tertiary/aromatic N) is 2. The van der Waals surface area contributed by atoms with Crippen LogP contribution < -0.4 is 0 Å². The summed E-state index contributed by atoms with van der Waals surface area (Å²) < 4.78 is 0.700. The fourth-order valence-corrected chi connectivity index (χ4v) is 3.40. The zero-order valence-corrected chi connectivity index (χ0v) is 12.6. The number of nitriles is 2. The summed E-state index contributed by atoms with van der Waals surface area (Å²) in [6, 6.07) is 9.06. The molecule has 0 atom stereocenters. The molecule has 0 heterocycles. The van der Waals surface area contributed by atoms with E-state index in [2.05, 4.69) is 0 Å². The number of hydrogen-bond acceptors (Lipinski definition) is 4. The van der Waals surface area contributed by atoms with Gasteiger partial charge in [0.2, 0.25) is 0 Å². The first kappa shape index (κ1) is 15.3. The second-order valence-electron chi connectivity index (χ2n) is 3.11. The Hall–Kier alpha value is -0.780. The Morgan fingerprint density at radius 3 is 2.44 bits per heavy atom. The van der Waals surface area contributed by atoms with Gasteiger partial charge in [-0.1, -0.05) is 29.3 Å². The minimum absolute atomic E-state index is 0.137. The Bertz CT molecular complexity index is 540. The van der Waals surface area contributed by atoms with Crippen molar-refractivity contribution in [3.8, 4) is 12.1 Å². The van der Waals surface area contributed by atoms with Gasteiger partial charge in [0.1, 0.15) is 17.7 Å². The van der Waals surface area contributed by atoms with Gasteiger partial charge in [-0.2, -0.15) is 10.5 Å². The first-order valence-corrected chi connectivity index (χ1v) is 7.74. The highest BCUT2D eigenvalue weighted by atomic mass is 35.5. The molecule has 0 aliphatic rings. The lowest BCUT2D eigenvalue weighted by atomic mass is 10.2. The van der Waals surface area contributed by atoms with Gasteiger partial charge < -0.3 is 0 Å². The van der Waals surface area contributed by atoms with E-state index in [0.29, 0.717) is 20.0 Å². The van der Waals surface area contributed by atoms with Crippen molar-refractivity contribution in [2.45, 2.75) is 5.75 Å². The van der Waals surface area contributed by atoms with E-state index in [0.717, 1.165) is 5.56 Å². The topological polar surface area (TPSA) is 47.6 Å². The summed E-state index contributed by atoms with van der Waals surface area (Å²) in [7, 11) is 0. The first-order chi connectivity index (χ1) is 8.62. The van der Waals surface area contributed by atoms with E-state index >= 15 is 0 Å². The third kappa shape index (κ3) is 4.15. The van der Waals surface area contributed by atoms with Gasteiger partial charge in [0.05, 0.1) is 4.24 Å². The standard InChI is InChI=1S/C12H8Cl2N2S2/c1-17-12(9(5-15)6-16)18-7-8-2-3-10(13)4-11(8)14/h2-4H,7H2,1H3. The highest BCUT2D eigenvalue weighted by Crippen LogP contribution is 2.34. The van der Waals surface area contributed by atoms with Gasteiger partial charge in [-0.25, -0.2) is 0 Å². The van der Waals surface area contributed by atoms with E-state index < -0.39 is 0 Å². The molecule has 0 saturated carbocycles. The van der Waals surface area contributed by atoms with Gasteiger partial charge >= 0.3 is 0 Å². The van der Waals surface area contributed by atoms with E-state index in [4.69, 9.17) is 33.7 Å². The summed E-state index contributed by atoms with van der Waals surface area (Å²) >= 11 is 14.7. The molecule has 6 heteroatoms. The molecule has 1 rings (SSSR count). The number of hydrogen-bond donors (Lipinski definition) is 0. The molecule has 92 valence electrons. The number of rotatable bonds is 4. The molecule has 0 fully saturated rings. The zero-order chi connectivity index (χ0) is 13.5. The summed E-state index contributed by atoms with van der Waals surface area (Å²) in [5.74, 6) is 0.596. The van der Waals surface area contributed by atoms with Crippen LogP contribution in [-0.4, -0.2) is 6.26 Å². The average molecular weight is 315 g/mol. The monoisotopic (exact) mass is 314 g/mol. The van der Waals surface area contributed by atoms with E-state index in [1.807, 2.05) is 24.5 Å². The second kappa shape index (κ2) is 7.61. The number of allylic oxidation sites excluding steroid dienone is 1. The molecule has 0 aromatic heterocycles. The Morgan fingerprint density at radius 2 is 1.94 bits per heavy atom. The van der Waals surface area contributed by atoms with E-state index in [1.165, 1.54) is 23.5 Å². The van der Waals surface area contributed by atoms with E-state index in [-0.39, 0.29) is 5.57 Å². The summed E-state index contributed by atoms with van der Waals surface area (Å²) in [5.41, 5.74) is 1.06. The molecule has 18 heavy (non-hydrogen) atoms. The van der Waals surface area contributed by atoms with Crippen LogP contribution in [0, 0.1) is 22.7 Å². The van der Waals surface area contributed by atoms with Crippen LogP contribution in [-0.2, 0) is 5.75 Å². The molecule has 0 unspecified atom stereocenters. The predicted octanol–water partition coefficient (Wildman–Crippen LogP) is 4.85. The average Bonchev–Trinajstić information content (AvgIpc) is 2.36. The zero-order valence-electron chi connectivity index (χ0n) is 9.41. The molecule has 1 aromatic rings. The maximum absolute atomic E-state index is 8.82. The highest BCUT2D eigenvalue weighted by Gasteiger charge is 2.08. The van der Waals surface area contributed by atoms with Crippen LogP contribution in [0.5, 0.6) is 0 Å². The Labute approximate surface area is 125 Å². The molecule has 0 radical (unpaired) electrons. The van der Waals surface area contributed by atoms with Crippen LogP contribution in [0.1, 0.15) is 5.56 Å². The fourth-order valence-electron chi connectivity index (χ4n) is 1.13. The lowest BCUT2D eigenvalue weighted by molar-refractivity contribution is 1.42. The fraction of sp³-hybridized carbons (Fsp3) is 0.167. The summed E-state index contributed by atoms with van der Waals surface area (Å²) in [4.78, 5) is 0. The summed E-state index contributed by atoms with van der Waals surface area (Å²) in [6.45, 7) is 0. The quantitative estimate of drug-likeness (QED) is 0.745. The van der Waals surface area contributed by atoms with Crippen molar-refractivity contribution in [1.29, 1.82) is 10.5 Å². The smallest absolute Gasteiger partial charge is 0.149 e. The lowest BCUT2D eigenvalue weighted by Crippen LogP contribution is -1.85. The normalized spacial score (nSPS) is 9.39. The SMILES string of the molecule is CSC(SCc1ccc(Cl)cc1Cl)=C(C#N)C#N. The second-order valence-corrected chi connectivity index (χ2v) is 6.02. The van der Waals surface area contributed by atoms with Gasteiger partial charge in [0.15, 0.2) is 0 Å². The minimum Gasteiger partial charge on any atom is -0.192 e. The summed E-state index contributed by atoms with van der Waals surface area (Å²) in [5, 5.41) is 18.8. The Morgan fingerprint density at radius 1 is 1.28 bits per heavy atom. The van der Waals surface area contributed by atoms with Crippen molar-refractivity contribution in [3.63, 3.8) is 0 Å². The Kier molecular flexibility index (Phi) is 6.46. The van der Waals surface area contributed by atoms with Crippen molar-refractivity contribution < 1.29 is 0 Å². The molecule has 0 N–H and O–H groups in total. The van der Waals surface area contributed by atoms with Gasteiger partial charge in [-0.3, -0.25) is 0 Å². The minimum atomic E-state index is 0.137. The number of thioether (sulfide) groups is 2. The van der Waals surface area contributed by atoms with Crippen molar-refractivity contribution in [2.75, 3.05) is 6.26 Å². The Balaban J connectivity index is 2.85. The largest absolute Gasteiger partial charge is 0.192 e. The maximum atomic E-state index is 8.82. The molecule has 1 aromatic carbocycles. The molecule has 0 amide bonds. The van der Waals surface area contributed by atoms with Crippen LogP contribution in [0.2, 0.25) is 10.0 Å². The third-order valence-electron chi connectivity index (χ3n) is 1.99. The van der Waals surface area contributed by atoms with Crippen molar-refractivity contribution in [1.82, 2.24) is 0 Å². The molecule has 0 bridgehead atoms. The molecule has 0 aliphatic heterocycles. The first-order valence-electron chi connectivity index (χ1n) is 4.77. The van der Waals surface area contributed by atoms with Crippen molar-refractivity contribution >= 4 is 46.7 Å². The lowest BCUT2D eigenvalue weighted by Gasteiger charge is -2.06. The van der Waals surface area contributed by atoms with Gasteiger partial charge in [-0.05, 0) is 24.0 Å². The van der Waals surface area contributed by atoms with Crippen LogP contribution >= 0.6 is 46.7 Å². The molecule has 0 spiro atoms. The van der Waals surface area contributed by atoms with Crippen LogP contribution in [0.3, 0.4) is 0 Å². The number of benzene rings is 1. The van der Waals surface area contributed by atoms with Crippen molar-refractivity contribution in [2.24, 2.45) is 0 Å². The van der Waals surface area contributed by atoms with E-state index in [9.17, 15) is 0 Å². The molecular weight excluding hydrogens is 307 g/mol. The highest BCUT2D eigenvalue weighted by molar-refractivity contribution is 8.21. The maximum Gasteiger partial charge on any atom is 0.149 e. The predicted molar refractivity (Wildman–Crippen MR) is 79.5 cm³/mol. The van der Waals surface area contributed by atoms with Crippen LogP contribution in [0.25, 0.3) is 0 Å². The molecular formula is C12H8Cl2N2S2. The van der Waals surface area contributed by atoms with Crippen LogP contribution in [0.4, 0.5) is 0 Å². The number of halogens is 2. The molecule has 2 nitrogen and oxygen atoms in total. The van der Waals surface area contributed by atoms with Crippen LogP contribution in [0.15, 0.2) is 28.0 Å². The van der Waals surface area contributed by atoms with Gasteiger partial charge in [0, 0.05) is 15.8 Å². The van der Waals surface area contributed by atoms with Crippen molar-refractivity contribution in [3.05, 3.63) is 43.6 Å². The third-order valence-corrected chi connectivity index (χ3v) is 4.92. The van der Waals surface area contributed by atoms with E-state index in [1.54, 1.807) is 12.1 Å². The molecule has 0 saturated heterocycles. The van der Waals surface area contributed by atoms with Gasteiger partial charge in [-0.15, -0.1) is 23.5 Å². The summed E-state index contributed by atoms with van der Waals surface area (Å²) in [6.07, 6.45) is 1.83.